The lowest BCUT2D eigenvalue weighted by Gasteiger charge is -2.05. The SMILES string of the molecule is Cc1cc(NC(=O)COC(=O)c2ccc(CS(C)(=O)=O)cc2)no1. The molecule has 0 saturated carbocycles. The third-order valence-electron chi connectivity index (χ3n) is 2.85. The average Bonchev–Trinajstić information content (AvgIpc) is 2.89. The van der Waals surface area contributed by atoms with Gasteiger partial charge in [0.2, 0.25) is 0 Å². The van der Waals surface area contributed by atoms with Gasteiger partial charge in [-0.25, -0.2) is 13.2 Å². The fourth-order valence-corrected chi connectivity index (χ4v) is 2.66. The smallest absolute Gasteiger partial charge is 0.338 e. The van der Waals surface area contributed by atoms with Crippen molar-refractivity contribution >= 4 is 27.5 Å². The van der Waals surface area contributed by atoms with Gasteiger partial charge in [0.1, 0.15) is 5.76 Å². The van der Waals surface area contributed by atoms with Gasteiger partial charge in [-0.2, -0.15) is 0 Å². The summed E-state index contributed by atoms with van der Waals surface area (Å²) in [5, 5.41) is 6.00. The van der Waals surface area contributed by atoms with Crippen molar-refractivity contribution in [1.29, 1.82) is 0 Å². The number of rotatable bonds is 6. The van der Waals surface area contributed by atoms with Crippen LogP contribution in [0.15, 0.2) is 34.9 Å². The highest BCUT2D eigenvalue weighted by atomic mass is 32.2. The molecule has 1 amide bonds. The van der Waals surface area contributed by atoms with Gasteiger partial charge in [0.15, 0.2) is 22.3 Å². The van der Waals surface area contributed by atoms with Gasteiger partial charge in [-0.15, -0.1) is 0 Å². The molecule has 24 heavy (non-hydrogen) atoms. The summed E-state index contributed by atoms with van der Waals surface area (Å²) in [6.07, 6.45) is 1.13. The maximum atomic E-state index is 11.8. The highest BCUT2D eigenvalue weighted by Gasteiger charge is 2.12. The Morgan fingerprint density at radius 2 is 1.92 bits per heavy atom. The summed E-state index contributed by atoms with van der Waals surface area (Å²) in [5.74, 6) is -0.574. The van der Waals surface area contributed by atoms with Crippen LogP contribution in [0.1, 0.15) is 21.7 Å². The van der Waals surface area contributed by atoms with Crippen LogP contribution < -0.4 is 5.32 Å². The van der Waals surface area contributed by atoms with Crippen molar-refractivity contribution in [2.45, 2.75) is 12.7 Å². The Bertz CT molecular complexity index is 839. The van der Waals surface area contributed by atoms with Gasteiger partial charge in [0, 0.05) is 12.3 Å². The molecule has 1 aromatic carbocycles. The van der Waals surface area contributed by atoms with Crippen molar-refractivity contribution in [2.24, 2.45) is 0 Å². The molecule has 0 saturated heterocycles. The summed E-state index contributed by atoms with van der Waals surface area (Å²) >= 11 is 0. The summed E-state index contributed by atoms with van der Waals surface area (Å²) < 4.78 is 32.1. The highest BCUT2D eigenvalue weighted by Crippen LogP contribution is 2.10. The van der Waals surface area contributed by atoms with E-state index in [0.29, 0.717) is 11.3 Å². The molecule has 2 rings (SSSR count). The molecule has 0 unspecified atom stereocenters. The Labute approximate surface area is 138 Å². The van der Waals surface area contributed by atoms with Crippen molar-refractivity contribution in [3.63, 3.8) is 0 Å². The van der Waals surface area contributed by atoms with E-state index in [1.165, 1.54) is 30.3 Å². The highest BCUT2D eigenvalue weighted by molar-refractivity contribution is 7.89. The van der Waals surface area contributed by atoms with E-state index >= 15 is 0 Å². The summed E-state index contributed by atoms with van der Waals surface area (Å²) in [6.45, 7) is 1.20. The number of hydrogen-bond donors (Lipinski definition) is 1. The predicted octanol–water partition coefficient (Wildman–Crippen LogP) is 1.32. The number of benzene rings is 1. The van der Waals surface area contributed by atoms with E-state index in [1.807, 2.05) is 0 Å². The number of carbonyl (C=O) groups is 2. The Kier molecular flexibility index (Phi) is 5.35. The van der Waals surface area contributed by atoms with Crippen LogP contribution in [0.3, 0.4) is 0 Å². The summed E-state index contributed by atoms with van der Waals surface area (Å²) in [4.78, 5) is 23.5. The van der Waals surface area contributed by atoms with Gasteiger partial charge in [0.05, 0.1) is 11.3 Å². The van der Waals surface area contributed by atoms with E-state index in [1.54, 1.807) is 6.92 Å². The van der Waals surface area contributed by atoms with E-state index < -0.39 is 28.3 Å². The zero-order valence-corrected chi connectivity index (χ0v) is 13.9. The van der Waals surface area contributed by atoms with Crippen molar-refractivity contribution < 1.29 is 27.3 Å². The van der Waals surface area contributed by atoms with Crippen molar-refractivity contribution in [1.82, 2.24) is 5.16 Å². The van der Waals surface area contributed by atoms with Gasteiger partial charge in [0.25, 0.3) is 5.91 Å². The van der Waals surface area contributed by atoms with Crippen LogP contribution in [-0.2, 0) is 25.1 Å². The van der Waals surface area contributed by atoms with Crippen LogP contribution in [0.5, 0.6) is 0 Å². The van der Waals surface area contributed by atoms with Gasteiger partial charge in [-0.1, -0.05) is 17.3 Å². The van der Waals surface area contributed by atoms with Crippen LogP contribution in [0, 0.1) is 6.92 Å². The molecular weight excluding hydrogens is 336 g/mol. The number of esters is 1. The van der Waals surface area contributed by atoms with Crippen LogP contribution in [-0.4, -0.2) is 38.3 Å². The molecule has 0 radical (unpaired) electrons. The number of anilines is 1. The lowest BCUT2D eigenvalue weighted by Crippen LogP contribution is -2.21. The largest absolute Gasteiger partial charge is 0.452 e. The number of aromatic nitrogens is 1. The molecule has 0 aliphatic heterocycles. The van der Waals surface area contributed by atoms with Crippen molar-refractivity contribution in [3.05, 3.63) is 47.2 Å². The molecule has 0 bridgehead atoms. The lowest BCUT2D eigenvalue weighted by molar-refractivity contribution is -0.119. The zero-order chi connectivity index (χ0) is 17.7. The second-order valence-corrected chi connectivity index (χ2v) is 7.35. The number of hydrogen-bond acceptors (Lipinski definition) is 7. The van der Waals surface area contributed by atoms with Gasteiger partial charge < -0.3 is 14.6 Å². The fraction of sp³-hybridized carbons (Fsp3) is 0.267. The second-order valence-electron chi connectivity index (χ2n) is 5.21. The number of nitrogens with zero attached hydrogens (tertiary/aromatic N) is 1. The second kappa shape index (κ2) is 7.26. The first-order valence-electron chi connectivity index (χ1n) is 6.90. The van der Waals surface area contributed by atoms with Gasteiger partial charge >= 0.3 is 5.97 Å². The topological polar surface area (TPSA) is 116 Å². The molecule has 1 N–H and O–H groups in total. The van der Waals surface area contributed by atoms with Crippen molar-refractivity contribution in [2.75, 3.05) is 18.2 Å². The Hall–Kier alpha value is -2.68. The molecule has 1 aromatic heterocycles. The van der Waals surface area contributed by atoms with E-state index in [2.05, 4.69) is 10.5 Å². The third kappa shape index (κ3) is 5.51. The maximum Gasteiger partial charge on any atom is 0.338 e. The van der Waals surface area contributed by atoms with Gasteiger partial charge in [-0.3, -0.25) is 4.79 Å². The summed E-state index contributed by atoms with van der Waals surface area (Å²) in [6, 6.07) is 7.47. The van der Waals surface area contributed by atoms with E-state index in [-0.39, 0.29) is 17.1 Å². The Morgan fingerprint density at radius 1 is 1.25 bits per heavy atom. The average molecular weight is 352 g/mol. The quantitative estimate of drug-likeness (QED) is 0.780. The molecule has 2 aromatic rings. The van der Waals surface area contributed by atoms with Crippen LogP contribution in [0.25, 0.3) is 0 Å². The van der Waals surface area contributed by atoms with E-state index in [4.69, 9.17) is 9.26 Å². The molecule has 9 heteroatoms. The molecule has 0 fully saturated rings. The molecule has 0 atom stereocenters. The number of carbonyl (C=O) groups excluding carboxylic acids is 2. The molecule has 0 aliphatic rings. The molecule has 0 spiro atoms. The molecule has 128 valence electrons. The zero-order valence-electron chi connectivity index (χ0n) is 13.1. The van der Waals surface area contributed by atoms with E-state index in [9.17, 15) is 18.0 Å². The first-order valence-corrected chi connectivity index (χ1v) is 8.96. The predicted molar refractivity (Wildman–Crippen MR) is 85.1 cm³/mol. The molecular formula is C15H16N2O6S. The van der Waals surface area contributed by atoms with E-state index in [0.717, 1.165) is 6.26 Å². The Morgan fingerprint density at radius 3 is 2.46 bits per heavy atom. The Balaban J connectivity index is 1.86. The molecule has 0 aliphatic carbocycles. The molecule has 8 nitrogen and oxygen atoms in total. The van der Waals surface area contributed by atoms with Crippen molar-refractivity contribution in [3.8, 4) is 0 Å². The number of amides is 1. The first kappa shape index (κ1) is 17.7. The van der Waals surface area contributed by atoms with Crippen LogP contribution in [0.4, 0.5) is 5.82 Å². The third-order valence-corrected chi connectivity index (χ3v) is 3.71. The maximum absolute atomic E-state index is 11.8. The minimum absolute atomic E-state index is 0.109. The van der Waals surface area contributed by atoms with Crippen LogP contribution >= 0.6 is 0 Å². The number of ether oxygens (including phenoxy) is 1. The number of aryl methyl sites for hydroxylation is 1. The standard InChI is InChI=1S/C15H16N2O6S/c1-10-7-13(17-23-10)16-14(18)8-22-15(19)12-5-3-11(4-6-12)9-24(2,20)21/h3-7H,8-9H2,1-2H3,(H,16,17,18). The minimum atomic E-state index is -3.14. The first-order chi connectivity index (χ1) is 11.2. The lowest BCUT2D eigenvalue weighted by atomic mass is 10.1. The van der Waals surface area contributed by atoms with Crippen LogP contribution in [0.2, 0.25) is 0 Å². The monoisotopic (exact) mass is 352 g/mol. The molecule has 1 heterocycles. The number of sulfone groups is 1. The normalized spacial score (nSPS) is 11.1. The van der Waals surface area contributed by atoms with Gasteiger partial charge in [-0.05, 0) is 24.6 Å². The fourth-order valence-electron chi connectivity index (χ4n) is 1.86. The summed E-state index contributed by atoms with van der Waals surface area (Å²) in [5.41, 5.74) is 0.783. The number of nitrogens with one attached hydrogen (secondary N) is 1. The minimum Gasteiger partial charge on any atom is -0.452 e. The summed E-state index contributed by atoms with van der Waals surface area (Å²) in [7, 11) is -3.14.